The first-order valence-corrected chi connectivity index (χ1v) is 8.79. The molecule has 0 saturated carbocycles. The van der Waals surface area contributed by atoms with E-state index in [1.807, 2.05) is 25.7 Å². The molecule has 0 radical (unpaired) electrons. The molecule has 1 aliphatic heterocycles. The maximum Gasteiger partial charge on any atom is 0.341 e. The zero-order valence-corrected chi connectivity index (χ0v) is 15.4. The number of anilines is 1. The Labute approximate surface area is 152 Å². The third kappa shape index (κ3) is 4.93. The molecular weight excluding hydrogens is 338 g/mol. The van der Waals surface area contributed by atoms with Gasteiger partial charge in [0.2, 0.25) is 0 Å². The van der Waals surface area contributed by atoms with Crippen molar-refractivity contribution in [2.24, 2.45) is 5.92 Å². The lowest BCUT2D eigenvalue weighted by atomic mass is 10.1. The van der Waals surface area contributed by atoms with Crippen LogP contribution in [0.15, 0.2) is 18.2 Å². The second kappa shape index (κ2) is 8.64. The summed E-state index contributed by atoms with van der Waals surface area (Å²) < 4.78 is 5.11. The van der Waals surface area contributed by atoms with Gasteiger partial charge < -0.3 is 15.0 Å². The Kier molecular flexibility index (Phi) is 6.54. The Balaban J connectivity index is 2.11. The van der Waals surface area contributed by atoms with Crippen LogP contribution in [0.1, 0.15) is 44.0 Å². The van der Waals surface area contributed by atoms with Crippen molar-refractivity contribution in [3.63, 3.8) is 0 Å². The monoisotopic (exact) mass is 363 g/mol. The number of hydrogen-bond acceptors (Lipinski definition) is 6. The molecule has 142 valence electrons. The van der Waals surface area contributed by atoms with Gasteiger partial charge in [0.1, 0.15) is 0 Å². The summed E-state index contributed by atoms with van der Waals surface area (Å²) in [5, 5.41) is 13.8. The molecule has 1 aromatic rings. The number of nitrogens with one attached hydrogen (secondary N) is 1. The van der Waals surface area contributed by atoms with Crippen LogP contribution in [0.3, 0.4) is 0 Å². The van der Waals surface area contributed by atoms with Gasteiger partial charge in [-0.25, -0.2) is 4.79 Å². The number of carbonyl (C=O) groups is 2. The van der Waals surface area contributed by atoms with Crippen molar-refractivity contribution in [1.29, 1.82) is 0 Å². The van der Waals surface area contributed by atoms with Crippen molar-refractivity contribution < 1.29 is 19.2 Å². The van der Waals surface area contributed by atoms with Crippen molar-refractivity contribution in [2.75, 3.05) is 24.6 Å². The maximum atomic E-state index is 12.5. The average molecular weight is 363 g/mol. The van der Waals surface area contributed by atoms with Crippen LogP contribution in [-0.2, 0) is 9.53 Å². The molecule has 8 heteroatoms. The second-order valence-corrected chi connectivity index (χ2v) is 6.83. The highest BCUT2D eigenvalue weighted by Crippen LogP contribution is 2.28. The first-order chi connectivity index (χ1) is 12.3. The summed E-state index contributed by atoms with van der Waals surface area (Å²) >= 11 is 0. The molecule has 0 spiro atoms. The minimum absolute atomic E-state index is 0.0424. The third-order valence-corrected chi connectivity index (χ3v) is 4.58. The van der Waals surface area contributed by atoms with Crippen LogP contribution in [0, 0.1) is 16.0 Å². The largest absolute Gasteiger partial charge is 0.452 e. The van der Waals surface area contributed by atoms with Crippen molar-refractivity contribution in [2.45, 2.75) is 39.7 Å². The van der Waals surface area contributed by atoms with Gasteiger partial charge in [-0.1, -0.05) is 13.8 Å². The van der Waals surface area contributed by atoms with Crippen molar-refractivity contribution in [3.05, 3.63) is 33.9 Å². The number of esters is 1. The quantitative estimate of drug-likeness (QED) is 0.454. The molecular formula is C18H25N3O5. The zero-order valence-electron chi connectivity index (χ0n) is 15.4. The van der Waals surface area contributed by atoms with Gasteiger partial charge in [-0.15, -0.1) is 0 Å². The molecule has 8 nitrogen and oxygen atoms in total. The van der Waals surface area contributed by atoms with E-state index in [4.69, 9.17) is 4.74 Å². The minimum atomic E-state index is -0.733. The summed E-state index contributed by atoms with van der Waals surface area (Å²) in [6, 6.07) is 4.12. The highest BCUT2D eigenvalue weighted by Gasteiger charge is 2.24. The van der Waals surface area contributed by atoms with Crippen molar-refractivity contribution in [1.82, 2.24) is 5.32 Å². The topological polar surface area (TPSA) is 102 Å². The first-order valence-electron chi connectivity index (χ1n) is 8.79. The van der Waals surface area contributed by atoms with Crippen LogP contribution in [0.2, 0.25) is 0 Å². The van der Waals surface area contributed by atoms with Gasteiger partial charge in [0.05, 0.1) is 16.2 Å². The number of carbonyl (C=O) groups excluding carboxylic acids is 2. The van der Waals surface area contributed by atoms with E-state index >= 15 is 0 Å². The highest BCUT2D eigenvalue weighted by atomic mass is 16.6. The van der Waals surface area contributed by atoms with E-state index in [1.54, 1.807) is 6.07 Å². The summed E-state index contributed by atoms with van der Waals surface area (Å²) in [5.74, 6) is -0.871. The Morgan fingerprint density at radius 2 is 1.92 bits per heavy atom. The number of hydrogen-bond donors (Lipinski definition) is 1. The summed E-state index contributed by atoms with van der Waals surface area (Å²) in [4.78, 5) is 36.9. The van der Waals surface area contributed by atoms with Crippen LogP contribution in [-0.4, -0.2) is 42.5 Å². The normalized spacial score (nSPS) is 15.0. The Morgan fingerprint density at radius 3 is 2.50 bits per heavy atom. The number of nitro benzene ring substituents is 1. The van der Waals surface area contributed by atoms with E-state index in [0.717, 1.165) is 25.9 Å². The van der Waals surface area contributed by atoms with Gasteiger partial charge in [-0.3, -0.25) is 14.9 Å². The molecule has 0 unspecified atom stereocenters. The summed E-state index contributed by atoms with van der Waals surface area (Å²) in [7, 11) is 0. The van der Waals surface area contributed by atoms with E-state index in [2.05, 4.69) is 5.32 Å². The van der Waals surface area contributed by atoms with Gasteiger partial charge in [0.25, 0.3) is 11.6 Å². The van der Waals surface area contributed by atoms with Gasteiger partial charge in [0, 0.05) is 31.3 Å². The van der Waals surface area contributed by atoms with E-state index in [-0.39, 0.29) is 23.2 Å². The third-order valence-electron chi connectivity index (χ3n) is 4.58. The molecule has 1 heterocycles. The minimum Gasteiger partial charge on any atom is -0.452 e. The molecule has 2 rings (SSSR count). The molecule has 1 saturated heterocycles. The predicted molar refractivity (Wildman–Crippen MR) is 97.3 cm³/mol. The summed E-state index contributed by atoms with van der Waals surface area (Å²) in [6.07, 6.45) is 2.00. The lowest BCUT2D eigenvalue weighted by Crippen LogP contribution is -2.38. The van der Waals surface area contributed by atoms with Gasteiger partial charge in [-0.05, 0) is 31.7 Å². The standard InChI is InChI=1S/C18H25N3O5/c1-12(2)13(3)19-17(22)11-26-18(23)15-10-14(21(24)25)6-7-16(15)20-8-4-5-9-20/h6-7,10,12-13H,4-5,8-9,11H2,1-3H3,(H,19,22)/t13-/m1/s1. The fourth-order valence-corrected chi connectivity index (χ4v) is 2.71. The van der Waals surface area contributed by atoms with E-state index in [0.29, 0.717) is 5.69 Å². The SMILES string of the molecule is CC(C)[C@@H](C)NC(=O)COC(=O)c1cc([N+](=O)[O-])ccc1N1CCCC1. The number of nitro groups is 1. The lowest BCUT2D eigenvalue weighted by Gasteiger charge is -2.21. The van der Waals surface area contributed by atoms with Crippen molar-refractivity contribution >= 4 is 23.3 Å². The molecule has 1 N–H and O–H groups in total. The fourth-order valence-electron chi connectivity index (χ4n) is 2.71. The molecule has 0 bridgehead atoms. The van der Waals surface area contributed by atoms with E-state index in [9.17, 15) is 19.7 Å². The average Bonchev–Trinajstić information content (AvgIpc) is 3.13. The first kappa shape index (κ1) is 19.7. The molecule has 1 fully saturated rings. The molecule has 0 aromatic heterocycles. The number of nitrogens with zero attached hydrogens (tertiary/aromatic N) is 2. The van der Waals surface area contributed by atoms with Gasteiger partial charge in [0.15, 0.2) is 6.61 Å². The molecule has 1 amide bonds. The molecule has 1 atom stereocenters. The van der Waals surface area contributed by atoms with Crippen LogP contribution < -0.4 is 10.2 Å². The summed E-state index contributed by atoms with van der Waals surface area (Å²) in [5.41, 5.74) is 0.539. The number of amides is 1. The molecule has 26 heavy (non-hydrogen) atoms. The Bertz CT molecular complexity index is 683. The predicted octanol–water partition coefficient (Wildman–Crippen LogP) is 2.51. The fraction of sp³-hybridized carbons (Fsp3) is 0.556. The highest BCUT2D eigenvalue weighted by molar-refractivity contribution is 5.97. The van der Waals surface area contributed by atoms with Crippen molar-refractivity contribution in [3.8, 4) is 0 Å². The van der Waals surface area contributed by atoms with E-state index in [1.165, 1.54) is 12.1 Å². The van der Waals surface area contributed by atoms with Gasteiger partial charge in [-0.2, -0.15) is 0 Å². The van der Waals surface area contributed by atoms with Crippen LogP contribution in [0.4, 0.5) is 11.4 Å². The number of benzene rings is 1. The number of ether oxygens (including phenoxy) is 1. The van der Waals surface area contributed by atoms with Crippen LogP contribution >= 0.6 is 0 Å². The van der Waals surface area contributed by atoms with Crippen LogP contribution in [0.25, 0.3) is 0 Å². The molecule has 1 aromatic carbocycles. The second-order valence-electron chi connectivity index (χ2n) is 6.83. The number of rotatable bonds is 7. The molecule has 1 aliphatic rings. The van der Waals surface area contributed by atoms with Gasteiger partial charge >= 0.3 is 5.97 Å². The maximum absolute atomic E-state index is 12.5. The molecule has 0 aliphatic carbocycles. The van der Waals surface area contributed by atoms with E-state index < -0.39 is 23.4 Å². The lowest BCUT2D eigenvalue weighted by molar-refractivity contribution is -0.384. The Morgan fingerprint density at radius 1 is 1.27 bits per heavy atom. The number of non-ortho nitro benzene ring substituents is 1. The smallest absolute Gasteiger partial charge is 0.341 e. The summed E-state index contributed by atoms with van der Waals surface area (Å²) in [6.45, 7) is 6.97. The Hall–Kier alpha value is -2.64. The van der Waals surface area contributed by atoms with Crippen LogP contribution in [0.5, 0.6) is 0 Å². The zero-order chi connectivity index (χ0) is 19.3.